The second-order valence-corrected chi connectivity index (χ2v) is 6.51. The monoisotopic (exact) mass is 319 g/mol. The normalized spacial score (nSPS) is 10.3. The Morgan fingerprint density at radius 1 is 1.24 bits per heavy atom. The first kappa shape index (κ1) is 15.8. The van der Waals surface area contributed by atoms with E-state index in [1.807, 2.05) is 48.7 Å². The Kier molecular flexibility index (Phi) is 6.02. The molecule has 21 heavy (non-hydrogen) atoms. The van der Waals surface area contributed by atoms with Crippen molar-refractivity contribution in [3.63, 3.8) is 0 Å². The molecule has 1 heterocycles. The van der Waals surface area contributed by atoms with Gasteiger partial charge in [0, 0.05) is 17.0 Å². The van der Waals surface area contributed by atoms with Crippen LogP contribution in [-0.4, -0.2) is 17.4 Å². The second kappa shape index (κ2) is 8.00. The van der Waals surface area contributed by atoms with E-state index >= 15 is 0 Å². The molecule has 0 fully saturated rings. The number of amides is 1. The highest BCUT2D eigenvalue weighted by molar-refractivity contribution is 8.00. The van der Waals surface area contributed by atoms with Gasteiger partial charge < -0.3 is 5.32 Å². The molecule has 0 atom stereocenters. The third-order valence-electron chi connectivity index (χ3n) is 2.76. The number of ketones is 1. The number of benzene rings is 1. The van der Waals surface area contributed by atoms with Gasteiger partial charge in [-0.2, -0.15) is 0 Å². The summed E-state index contributed by atoms with van der Waals surface area (Å²) < 4.78 is 0. The van der Waals surface area contributed by atoms with Crippen LogP contribution in [0.15, 0.2) is 46.7 Å². The van der Waals surface area contributed by atoms with Crippen LogP contribution in [0.2, 0.25) is 0 Å². The van der Waals surface area contributed by atoms with E-state index in [1.165, 1.54) is 23.1 Å². The molecule has 0 saturated heterocycles. The molecule has 110 valence electrons. The van der Waals surface area contributed by atoms with Crippen LogP contribution in [0, 0.1) is 0 Å². The number of anilines is 1. The number of hydrogen-bond acceptors (Lipinski definition) is 4. The molecule has 0 aliphatic carbocycles. The molecular weight excluding hydrogens is 302 g/mol. The van der Waals surface area contributed by atoms with Crippen molar-refractivity contribution >= 4 is 40.5 Å². The Balaban J connectivity index is 1.92. The summed E-state index contributed by atoms with van der Waals surface area (Å²) in [5.74, 6) is 0.567. The second-order valence-electron chi connectivity index (χ2n) is 4.52. The summed E-state index contributed by atoms with van der Waals surface area (Å²) in [5.41, 5.74) is 0.780. The SMILES string of the molecule is CCCC(=O)Nc1cccc(SCC(=O)c2cccs2)c1. The first-order valence-electron chi connectivity index (χ1n) is 6.78. The van der Waals surface area contributed by atoms with Crippen LogP contribution in [0.4, 0.5) is 5.69 Å². The number of nitrogens with one attached hydrogen (secondary N) is 1. The Hall–Kier alpha value is -1.59. The Bertz CT molecular complexity index is 608. The first-order valence-corrected chi connectivity index (χ1v) is 8.65. The molecule has 0 spiro atoms. The van der Waals surface area contributed by atoms with Gasteiger partial charge in [-0.15, -0.1) is 23.1 Å². The Labute approximate surface area is 132 Å². The zero-order chi connectivity index (χ0) is 15.1. The highest BCUT2D eigenvalue weighted by atomic mass is 32.2. The molecule has 0 unspecified atom stereocenters. The standard InChI is InChI=1S/C16H17NO2S2/c1-2-5-16(19)17-12-6-3-7-13(10-12)21-11-14(18)15-8-4-9-20-15/h3-4,6-10H,2,5,11H2,1H3,(H,17,19). The van der Waals surface area contributed by atoms with Crippen LogP contribution in [0.5, 0.6) is 0 Å². The quantitative estimate of drug-likeness (QED) is 0.605. The van der Waals surface area contributed by atoms with Gasteiger partial charge in [0.15, 0.2) is 5.78 Å². The first-order chi connectivity index (χ1) is 10.2. The molecule has 0 aliphatic heterocycles. The van der Waals surface area contributed by atoms with Crippen molar-refractivity contribution in [2.75, 3.05) is 11.1 Å². The van der Waals surface area contributed by atoms with Crippen LogP contribution in [0.1, 0.15) is 29.4 Å². The summed E-state index contributed by atoms with van der Waals surface area (Å²) in [6.07, 6.45) is 1.35. The molecule has 3 nitrogen and oxygen atoms in total. The van der Waals surface area contributed by atoms with Crippen molar-refractivity contribution in [2.24, 2.45) is 0 Å². The fourth-order valence-corrected chi connectivity index (χ4v) is 3.37. The summed E-state index contributed by atoms with van der Waals surface area (Å²) in [5, 5.41) is 4.77. The van der Waals surface area contributed by atoms with E-state index in [4.69, 9.17) is 0 Å². The number of thioether (sulfide) groups is 1. The topological polar surface area (TPSA) is 46.2 Å². The summed E-state index contributed by atoms with van der Waals surface area (Å²) in [7, 11) is 0. The summed E-state index contributed by atoms with van der Waals surface area (Å²) in [6.45, 7) is 1.97. The molecule has 1 aromatic carbocycles. The van der Waals surface area contributed by atoms with Crippen LogP contribution in [0.3, 0.4) is 0 Å². The highest BCUT2D eigenvalue weighted by Crippen LogP contribution is 2.23. The lowest BCUT2D eigenvalue weighted by atomic mass is 10.3. The van der Waals surface area contributed by atoms with E-state index < -0.39 is 0 Å². The molecule has 0 saturated carbocycles. The summed E-state index contributed by atoms with van der Waals surface area (Å²) in [6, 6.07) is 11.3. The zero-order valence-corrected chi connectivity index (χ0v) is 13.4. The van der Waals surface area contributed by atoms with Crippen molar-refractivity contribution in [3.05, 3.63) is 46.7 Å². The summed E-state index contributed by atoms with van der Waals surface area (Å²) in [4.78, 5) is 25.3. The number of carbonyl (C=O) groups excluding carboxylic acids is 2. The van der Waals surface area contributed by atoms with Crippen LogP contribution < -0.4 is 5.32 Å². The van der Waals surface area contributed by atoms with Gasteiger partial charge >= 0.3 is 0 Å². The third-order valence-corrected chi connectivity index (χ3v) is 4.67. The van der Waals surface area contributed by atoms with Gasteiger partial charge in [0.05, 0.1) is 10.6 Å². The molecule has 2 rings (SSSR count). The molecule has 5 heteroatoms. The molecule has 0 bridgehead atoms. The van der Waals surface area contributed by atoms with Gasteiger partial charge in [0.1, 0.15) is 0 Å². The van der Waals surface area contributed by atoms with Gasteiger partial charge in [0.2, 0.25) is 5.91 Å². The van der Waals surface area contributed by atoms with E-state index in [1.54, 1.807) is 0 Å². The van der Waals surface area contributed by atoms with E-state index in [2.05, 4.69) is 5.32 Å². The summed E-state index contributed by atoms with van der Waals surface area (Å²) >= 11 is 2.95. The maximum Gasteiger partial charge on any atom is 0.224 e. The largest absolute Gasteiger partial charge is 0.326 e. The maximum atomic E-state index is 11.9. The smallest absolute Gasteiger partial charge is 0.224 e. The van der Waals surface area contributed by atoms with Crippen molar-refractivity contribution in [1.82, 2.24) is 0 Å². The van der Waals surface area contributed by atoms with Crippen molar-refractivity contribution in [2.45, 2.75) is 24.7 Å². The number of thiophene rings is 1. The van der Waals surface area contributed by atoms with Gasteiger partial charge in [-0.25, -0.2) is 0 Å². The lowest BCUT2D eigenvalue weighted by Crippen LogP contribution is -2.10. The Morgan fingerprint density at radius 2 is 2.10 bits per heavy atom. The van der Waals surface area contributed by atoms with Gasteiger partial charge in [0.25, 0.3) is 0 Å². The molecule has 0 radical (unpaired) electrons. The number of hydrogen-bond donors (Lipinski definition) is 1. The van der Waals surface area contributed by atoms with Crippen molar-refractivity contribution in [3.8, 4) is 0 Å². The van der Waals surface area contributed by atoms with Crippen LogP contribution in [0.25, 0.3) is 0 Å². The van der Waals surface area contributed by atoms with Crippen LogP contribution in [-0.2, 0) is 4.79 Å². The van der Waals surface area contributed by atoms with Gasteiger partial charge in [-0.3, -0.25) is 9.59 Å². The molecule has 0 aliphatic rings. The predicted octanol–water partition coefficient (Wildman–Crippen LogP) is 4.46. The number of rotatable bonds is 7. The molecule has 1 aromatic heterocycles. The van der Waals surface area contributed by atoms with E-state index in [0.29, 0.717) is 12.2 Å². The molecule has 2 aromatic rings. The number of carbonyl (C=O) groups is 2. The predicted molar refractivity (Wildman–Crippen MR) is 89.4 cm³/mol. The van der Waals surface area contributed by atoms with E-state index in [-0.39, 0.29) is 11.7 Å². The van der Waals surface area contributed by atoms with Gasteiger partial charge in [-0.05, 0) is 36.1 Å². The molecule has 1 N–H and O–H groups in total. The average Bonchev–Trinajstić information content (AvgIpc) is 2.99. The molecular formula is C16H17NO2S2. The minimum absolute atomic E-state index is 0.0225. The van der Waals surface area contributed by atoms with E-state index in [0.717, 1.165) is 21.9 Å². The minimum Gasteiger partial charge on any atom is -0.326 e. The lowest BCUT2D eigenvalue weighted by Gasteiger charge is -2.06. The average molecular weight is 319 g/mol. The van der Waals surface area contributed by atoms with Crippen molar-refractivity contribution < 1.29 is 9.59 Å². The zero-order valence-electron chi connectivity index (χ0n) is 11.8. The number of Topliss-reactive ketones (excluding diaryl/α,β-unsaturated/α-hetero) is 1. The lowest BCUT2D eigenvalue weighted by molar-refractivity contribution is -0.116. The molecule has 1 amide bonds. The van der Waals surface area contributed by atoms with Gasteiger partial charge in [-0.1, -0.05) is 19.1 Å². The minimum atomic E-state index is 0.0225. The van der Waals surface area contributed by atoms with Crippen molar-refractivity contribution in [1.29, 1.82) is 0 Å². The third kappa shape index (κ3) is 5.02. The van der Waals surface area contributed by atoms with E-state index in [9.17, 15) is 9.59 Å². The fraction of sp³-hybridized carbons (Fsp3) is 0.250. The Morgan fingerprint density at radius 3 is 2.81 bits per heavy atom. The maximum absolute atomic E-state index is 11.9. The van der Waals surface area contributed by atoms with Crippen LogP contribution >= 0.6 is 23.1 Å². The fourth-order valence-electron chi connectivity index (χ4n) is 1.77. The highest BCUT2D eigenvalue weighted by Gasteiger charge is 2.08.